The Morgan fingerprint density at radius 3 is 2.35 bits per heavy atom. The molecule has 26 heavy (non-hydrogen) atoms. The second kappa shape index (κ2) is 6.97. The molecule has 4 nitrogen and oxygen atoms in total. The van der Waals surface area contributed by atoms with Crippen molar-refractivity contribution in [3.05, 3.63) is 58.9 Å². The Bertz CT molecular complexity index is 799. The number of hydrogen-bond acceptors (Lipinski definition) is 3. The highest BCUT2D eigenvalue weighted by Crippen LogP contribution is 2.32. The molecule has 0 radical (unpaired) electrons. The number of ether oxygens (including phenoxy) is 1. The molecule has 1 aromatic heterocycles. The minimum absolute atomic E-state index is 0.0882. The molecule has 1 heterocycles. The van der Waals surface area contributed by atoms with E-state index >= 15 is 0 Å². The predicted octanol–water partition coefficient (Wildman–Crippen LogP) is 4.22. The smallest absolute Gasteiger partial charge is 0.433 e. The number of aromatic nitrogens is 1. The first-order valence-electron chi connectivity index (χ1n) is 8.28. The molecule has 0 N–H and O–H groups in total. The lowest BCUT2D eigenvalue weighted by atomic mass is 10.1. The molecule has 2 aromatic rings. The van der Waals surface area contributed by atoms with Gasteiger partial charge in [0.25, 0.3) is 5.91 Å². The maximum Gasteiger partial charge on any atom is 0.433 e. The standard InChI is InChI=1S/C19H19F3N2O2/c1-12-16(9-10-17(23-12)19(20,21)22)18(25)24(14-5-6-14)11-13-3-7-15(26-2)8-4-13/h3-4,7-10,14H,5-6,11H2,1-2H3. The number of pyridine rings is 1. The number of halogens is 3. The van der Waals surface area contributed by atoms with Gasteiger partial charge in [-0.1, -0.05) is 12.1 Å². The van der Waals surface area contributed by atoms with E-state index in [9.17, 15) is 18.0 Å². The summed E-state index contributed by atoms with van der Waals surface area (Å²) in [5.74, 6) is 0.433. The van der Waals surface area contributed by atoms with Crippen LogP contribution >= 0.6 is 0 Å². The van der Waals surface area contributed by atoms with E-state index < -0.39 is 11.9 Å². The zero-order valence-electron chi connectivity index (χ0n) is 14.5. The van der Waals surface area contributed by atoms with Gasteiger partial charge in [-0.25, -0.2) is 4.98 Å². The largest absolute Gasteiger partial charge is 0.497 e. The van der Waals surface area contributed by atoms with E-state index in [1.165, 1.54) is 13.0 Å². The summed E-state index contributed by atoms with van der Waals surface area (Å²) in [6.45, 7) is 1.83. The van der Waals surface area contributed by atoms with Crippen molar-refractivity contribution in [1.29, 1.82) is 0 Å². The highest BCUT2D eigenvalue weighted by Gasteiger charge is 2.36. The van der Waals surface area contributed by atoms with Crippen LogP contribution in [0, 0.1) is 6.92 Å². The SMILES string of the molecule is COc1ccc(CN(C(=O)c2ccc(C(F)(F)F)nc2C)C2CC2)cc1. The van der Waals surface area contributed by atoms with E-state index in [0.29, 0.717) is 6.54 Å². The molecule has 0 bridgehead atoms. The first kappa shape index (κ1) is 18.2. The number of aryl methyl sites for hydroxylation is 1. The fraction of sp³-hybridized carbons (Fsp3) is 0.368. The third-order valence-corrected chi connectivity index (χ3v) is 4.37. The quantitative estimate of drug-likeness (QED) is 0.798. The van der Waals surface area contributed by atoms with E-state index in [-0.39, 0.29) is 23.2 Å². The molecule has 1 aliphatic carbocycles. The van der Waals surface area contributed by atoms with Crippen LogP contribution in [-0.4, -0.2) is 28.9 Å². The topological polar surface area (TPSA) is 42.4 Å². The maximum atomic E-state index is 12.9. The number of nitrogens with zero attached hydrogens (tertiary/aromatic N) is 2. The lowest BCUT2D eigenvalue weighted by molar-refractivity contribution is -0.141. The fourth-order valence-corrected chi connectivity index (χ4v) is 2.78. The first-order valence-corrected chi connectivity index (χ1v) is 8.28. The average molecular weight is 364 g/mol. The van der Waals surface area contributed by atoms with Crippen molar-refractivity contribution in [2.24, 2.45) is 0 Å². The summed E-state index contributed by atoms with van der Waals surface area (Å²) in [6, 6.07) is 9.58. The van der Waals surface area contributed by atoms with Crippen molar-refractivity contribution in [1.82, 2.24) is 9.88 Å². The Kier molecular flexibility index (Phi) is 4.89. The lowest BCUT2D eigenvalue weighted by Crippen LogP contribution is -2.33. The van der Waals surface area contributed by atoms with Gasteiger partial charge in [-0.05, 0) is 49.6 Å². The Balaban J connectivity index is 1.83. The Hall–Kier alpha value is -2.57. The highest BCUT2D eigenvalue weighted by molar-refractivity contribution is 5.95. The van der Waals surface area contributed by atoms with Crippen LogP contribution in [0.3, 0.4) is 0 Å². The van der Waals surface area contributed by atoms with Gasteiger partial charge in [-0.15, -0.1) is 0 Å². The van der Waals surface area contributed by atoms with Gasteiger partial charge in [0.1, 0.15) is 11.4 Å². The molecule has 3 rings (SSSR count). The van der Waals surface area contributed by atoms with Crippen LogP contribution in [0.4, 0.5) is 13.2 Å². The average Bonchev–Trinajstić information content (AvgIpc) is 3.43. The summed E-state index contributed by atoms with van der Waals surface area (Å²) in [5.41, 5.74) is 0.242. The number of amides is 1. The van der Waals surface area contributed by atoms with Gasteiger partial charge < -0.3 is 9.64 Å². The molecule has 7 heteroatoms. The molecule has 1 aromatic carbocycles. The van der Waals surface area contributed by atoms with Gasteiger partial charge >= 0.3 is 6.18 Å². The van der Waals surface area contributed by atoms with Crippen molar-refractivity contribution in [2.75, 3.05) is 7.11 Å². The Morgan fingerprint density at radius 2 is 1.85 bits per heavy atom. The van der Waals surface area contributed by atoms with Crippen LogP contribution in [-0.2, 0) is 12.7 Å². The summed E-state index contributed by atoms with van der Waals surface area (Å²) in [6.07, 6.45) is -2.73. The van der Waals surface area contributed by atoms with E-state index in [1.54, 1.807) is 12.0 Å². The van der Waals surface area contributed by atoms with Crippen LogP contribution < -0.4 is 4.74 Å². The van der Waals surface area contributed by atoms with Gasteiger partial charge in [-0.3, -0.25) is 4.79 Å². The van der Waals surface area contributed by atoms with Crippen molar-refractivity contribution < 1.29 is 22.7 Å². The number of carbonyl (C=O) groups is 1. The molecule has 1 aliphatic rings. The molecular weight excluding hydrogens is 345 g/mol. The predicted molar refractivity (Wildman–Crippen MR) is 89.9 cm³/mol. The van der Waals surface area contributed by atoms with E-state index in [2.05, 4.69) is 4.98 Å². The van der Waals surface area contributed by atoms with Crippen LogP contribution in [0.5, 0.6) is 5.75 Å². The number of carbonyl (C=O) groups excluding carboxylic acids is 1. The Morgan fingerprint density at radius 1 is 1.19 bits per heavy atom. The number of rotatable bonds is 5. The normalized spacial score (nSPS) is 14.2. The van der Waals surface area contributed by atoms with Crippen LogP contribution in [0.1, 0.15) is 40.2 Å². The number of benzene rings is 1. The minimum atomic E-state index is -4.52. The molecule has 0 atom stereocenters. The summed E-state index contributed by atoms with van der Waals surface area (Å²) in [4.78, 5) is 18.2. The van der Waals surface area contributed by atoms with Gasteiger partial charge in [0.05, 0.1) is 18.4 Å². The zero-order chi connectivity index (χ0) is 18.9. The van der Waals surface area contributed by atoms with E-state index in [1.807, 2.05) is 24.3 Å². The van der Waals surface area contributed by atoms with Gasteiger partial charge in [0, 0.05) is 12.6 Å². The zero-order valence-corrected chi connectivity index (χ0v) is 14.5. The van der Waals surface area contributed by atoms with Crippen LogP contribution in [0.2, 0.25) is 0 Å². The van der Waals surface area contributed by atoms with E-state index in [0.717, 1.165) is 30.2 Å². The second-order valence-electron chi connectivity index (χ2n) is 6.34. The van der Waals surface area contributed by atoms with Gasteiger partial charge in [-0.2, -0.15) is 13.2 Å². The third-order valence-electron chi connectivity index (χ3n) is 4.37. The summed E-state index contributed by atoms with van der Waals surface area (Å²) in [7, 11) is 1.58. The molecule has 0 aliphatic heterocycles. The molecule has 0 unspecified atom stereocenters. The molecule has 0 spiro atoms. The number of alkyl halides is 3. The summed E-state index contributed by atoms with van der Waals surface area (Å²) < 4.78 is 43.5. The second-order valence-corrected chi connectivity index (χ2v) is 6.34. The molecule has 1 saturated carbocycles. The summed E-state index contributed by atoms with van der Waals surface area (Å²) in [5, 5.41) is 0. The molecule has 1 fully saturated rings. The molecule has 138 valence electrons. The van der Waals surface area contributed by atoms with Gasteiger partial charge in [0.15, 0.2) is 0 Å². The first-order chi connectivity index (χ1) is 12.3. The minimum Gasteiger partial charge on any atom is -0.497 e. The lowest BCUT2D eigenvalue weighted by Gasteiger charge is -2.23. The number of methoxy groups -OCH3 is 1. The number of hydrogen-bond donors (Lipinski definition) is 0. The van der Waals surface area contributed by atoms with E-state index in [4.69, 9.17) is 4.74 Å². The van der Waals surface area contributed by atoms with Crippen molar-refractivity contribution in [2.45, 2.75) is 38.5 Å². The third kappa shape index (κ3) is 3.98. The van der Waals surface area contributed by atoms with Crippen molar-refractivity contribution in [3.63, 3.8) is 0 Å². The maximum absolute atomic E-state index is 12.9. The molecule has 1 amide bonds. The van der Waals surface area contributed by atoms with Crippen molar-refractivity contribution in [3.8, 4) is 5.75 Å². The molecular formula is C19H19F3N2O2. The summed E-state index contributed by atoms with van der Waals surface area (Å²) >= 11 is 0. The Labute approximate surface area is 149 Å². The van der Waals surface area contributed by atoms with Gasteiger partial charge in [0.2, 0.25) is 0 Å². The van der Waals surface area contributed by atoms with Crippen LogP contribution in [0.25, 0.3) is 0 Å². The highest BCUT2D eigenvalue weighted by atomic mass is 19.4. The molecule has 0 saturated heterocycles. The van der Waals surface area contributed by atoms with Crippen molar-refractivity contribution >= 4 is 5.91 Å². The monoisotopic (exact) mass is 364 g/mol. The fourth-order valence-electron chi connectivity index (χ4n) is 2.78. The van der Waals surface area contributed by atoms with Crippen LogP contribution in [0.15, 0.2) is 36.4 Å².